The molecule has 0 aliphatic carbocycles. The maximum atomic E-state index is 12.7. The van der Waals surface area contributed by atoms with E-state index < -0.39 is 10.0 Å². The van der Waals surface area contributed by atoms with Gasteiger partial charge in [-0.2, -0.15) is 0 Å². The Hall–Kier alpha value is -3.40. The summed E-state index contributed by atoms with van der Waals surface area (Å²) >= 11 is 0. The van der Waals surface area contributed by atoms with E-state index in [0.29, 0.717) is 29.3 Å². The van der Waals surface area contributed by atoms with Crippen LogP contribution in [0.15, 0.2) is 77.7 Å². The van der Waals surface area contributed by atoms with Crippen LogP contribution in [0.25, 0.3) is 0 Å². The van der Waals surface area contributed by atoms with Crippen LogP contribution in [0.5, 0.6) is 5.75 Å². The predicted molar refractivity (Wildman–Crippen MR) is 135 cm³/mol. The molecule has 0 aromatic heterocycles. The number of rotatable bonds is 9. The first-order chi connectivity index (χ1) is 16.9. The number of benzene rings is 3. The van der Waals surface area contributed by atoms with E-state index in [1.54, 1.807) is 36.4 Å². The molecule has 9 heteroatoms. The van der Waals surface area contributed by atoms with E-state index in [4.69, 9.17) is 9.47 Å². The number of hydrogen-bond acceptors (Lipinski definition) is 6. The summed E-state index contributed by atoms with van der Waals surface area (Å²) in [5.41, 5.74) is 2.61. The highest BCUT2D eigenvalue weighted by atomic mass is 32.2. The molecule has 0 atom stereocenters. The Kier molecular flexibility index (Phi) is 8.02. The third-order valence-electron chi connectivity index (χ3n) is 5.54. The summed E-state index contributed by atoms with van der Waals surface area (Å²) in [6.07, 6.45) is 0. The van der Waals surface area contributed by atoms with Crippen molar-refractivity contribution in [1.82, 2.24) is 4.90 Å². The van der Waals surface area contributed by atoms with Crippen molar-refractivity contribution in [2.45, 2.75) is 18.4 Å². The second-order valence-corrected chi connectivity index (χ2v) is 9.81. The molecule has 1 aliphatic heterocycles. The summed E-state index contributed by atoms with van der Waals surface area (Å²) in [6.45, 7) is 6.43. The van der Waals surface area contributed by atoms with Crippen LogP contribution in [0.4, 0.5) is 11.4 Å². The largest absolute Gasteiger partial charge is 0.494 e. The van der Waals surface area contributed by atoms with Gasteiger partial charge < -0.3 is 14.8 Å². The highest BCUT2D eigenvalue weighted by Crippen LogP contribution is 2.20. The van der Waals surface area contributed by atoms with Gasteiger partial charge in [-0.1, -0.05) is 12.1 Å². The van der Waals surface area contributed by atoms with E-state index in [1.165, 1.54) is 12.1 Å². The fraction of sp³-hybridized carbons (Fsp3) is 0.269. The molecule has 8 nitrogen and oxygen atoms in total. The normalized spacial score (nSPS) is 14.3. The fourth-order valence-corrected chi connectivity index (χ4v) is 4.81. The average Bonchev–Trinajstić information content (AvgIpc) is 2.86. The van der Waals surface area contributed by atoms with Gasteiger partial charge in [-0.25, -0.2) is 8.42 Å². The molecule has 0 spiro atoms. The maximum absolute atomic E-state index is 12.7. The molecule has 0 unspecified atom stereocenters. The number of carbonyl (C=O) groups excluding carboxylic acids is 1. The zero-order chi connectivity index (χ0) is 24.7. The SMILES string of the molecule is CCOc1ccc(S(=O)(=O)Nc2ccc(C(=O)Nc3cccc(CN4CCOCC4)c3)cc2)cc1. The number of carbonyl (C=O) groups is 1. The standard InChI is InChI=1S/C26H29N3O5S/c1-2-34-24-10-12-25(13-11-24)35(31,32)28-22-8-6-21(7-9-22)26(30)27-23-5-3-4-20(18-23)19-29-14-16-33-17-15-29/h3-13,18,28H,2,14-17,19H2,1H3,(H,27,30). The van der Waals surface area contributed by atoms with Crippen molar-refractivity contribution in [3.8, 4) is 5.75 Å². The lowest BCUT2D eigenvalue weighted by molar-refractivity contribution is 0.0342. The topological polar surface area (TPSA) is 97.0 Å². The van der Waals surface area contributed by atoms with Gasteiger partial charge in [0, 0.05) is 36.6 Å². The Morgan fingerprint density at radius 1 is 0.971 bits per heavy atom. The van der Waals surface area contributed by atoms with Crippen LogP contribution in [0.1, 0.15) is 22.8 Å². The Labute approximate surface area is 205 Å². The number of nitrogens with one attached hydrogen (secondary N) is 2. The van der Waals surface area contributed by atoms with Crippen LogP contribution in [0.3, 0.4) is 0 Å². The van der Waals surface area contributed by atoms with Crippen molar-refractivity contribution in [3.63, 3.8) is 0 Å². The molecular formula is C26H29N3O5S. The molecule has 4 rings (SSSR count). The van der Waals surface area contributed by atoms with Gasteiger partial charge in [0.25, 0.3) is 15.9 Å². The lowest BCUT2D eigenvalue weighted by atomic mass is 10.1. The van der Waals surface area contributed by atoms with E-state index in [9.17, 15) is 13.2 Å². The van der Waals surface area contributed by atoms with E-state index in [2.05, 4.69) is 14.9 Å². The van der Waals surface area contributed by atoms with Crippen molar-refractivity contribution in [3.05, 3.63) is 83.9 Å². The second kappa shape index (κ2) is 11.4. The maximum Gasteiger partial charge on any atom is 0.261 e. The van der Waals surface area contributed by atoms with E-state index >= 15 is 0 Å². The van der Waals surface area contributed by atoms with Crippen molar-refractivity contribution in [2.24, 2.45) is 0 Å². The van der Waals surface area contributed by atoms with Crippen molar-refractivity contribution >= 4 is 27.3 Å². The van der Waals surface area contributed by atoms with E-state index in [1.807, 2.05) is 31.2 Å². The first-order valence-corrected chi connectivity index (χ1v) is 13.0. The summed E-state index contributed by atoms with van der Waals surface area (Å²) in [4.78, 5) is 15.2. The number of sulfonamides is 1. The highest BCUT2D eigenvalue weighted by molar-refractivity contribution is 7.92. The summed E-state index contributed by atoms with van der Waals surface area (Å²) in [5.74, 6) is 0.336. The molecule has 184 valence electrons. The molecule has 1 amide bonds. The molecule has 1 saturated heterocycles. The molecule has 1 heterocycles. The minimum absolute atomic E-state index is 0.125. The van der Waals surface area contributed by atoms with Crippen LogP contribution in [-0.4, -0.2) is 52.1 Å². The van der Waals surface area contributed by atoms with Crippen LogP contribution < -0.4 is 14.8 Å². The fourth-order valence-electron chi connectivity index (χ4n) is 3.75. The quantitative estimate of drug-likeness (QED) is 0.466. The number of nitrogens with zero attached hydrogens (tertiary/aromatic N) is 1. The molecule has 0 radical (unpaired) electrons. The lowest BCUT2D eigenvalue weighted by Crippen LogP contribution is -2.35. The average molecular weight is 496 g/mol. The Bertz CT molecular complexity index is 1240. The molecule has 2 N–H and O–H groups in total. The molecule has 1 fully saturated rings. The Balaban J connectivity index is 1.37. The van der Waals surface area contributed by atoms with Gasteiger partial charge in [0.05, 0.1) is 24.7 Å². The minimum Gasteiger partial charge on any atom is -0.494 e. The van der Waals surface area contributed by atoms with Gasteiger partial charge in [0.1, 0.15) is 5.75 Å². The van der Waals surface area contributed by atoms with Crippen LogP contribution in [-0.2, 0) is 21.3 Å². The molecular weight excluding hydrogens is 466 g/mol. The predicted octanol–water partition coefficient (Wildman–Crippen LogP) is 3.97. The zero-order valence-electron chi connectivity index (χ0n) is 19.6. The minimum atomic E-state index is -3.76. The smallest absolute Gasteiger partial charge is 0.261 e. The summed E-state index contributed by atoms with van der Waals surface area (Å²) in [6, 6.07) is 20.3. The summed E-state index contributed by atoms with van der Waals surface area (Å²) < 4.78 is 38.6. The van der Waals surface area contributed by atoms with Crippen molar-refractivity contribution in [1.29, 1.82) is 0 Å². The number of amides is 1. The van der Waals surface area contributed by atoms with E-state index in [-0.39, 0.29) is 10.8 Å². The third kappa shape index (κ3) is 6.82. The van der Waals surface area contributed by atoms with Gasteiger partial charge in [0.15, 0.2) is 0 Å². The lowest BCUT2D eigenvalue weighted by Gasteiger charge is -2.26. The first-order valence-electron chi connectivity index (χ1n) is 11.5. The Morgan fingerprint density at radius 2 is 1.69 bits per heavy atom. The van der Waals surface area contributed by atoms with Gasteiger partial charge in [0.2, 0.25) is 0 Å². The van der Waals surface area contributed by atoms with Crippen LogP contribution in [0, 0.1) is 0 Å². The van der Waals surface area contributed by atoms with Crippen molar-refractivity contribution < 1.29 is 22.7 Å². The van der Waals surface area contributed by atoms with Crippen LogP contribution in [0.2, 0.25) is 0 Å². The van der Waals surface area contributed by atoms with Gasteiger partial charge in [-0.05, 0) is 73.2 Å². The molecule has 3 aromatic rings. The number of hydrogen-bond donors (Lipinski definition) is 2. The number of ether oxygens (including phenoxy) is 2. The second-order valence-electron chi connectivity index (χ2n) is 8.13. The number of anilines is 2. The molecule has 1 aliphatic rings. The highest BCUT2D eigenvalue weighted by Gasteiger charge is 2.15. The van der Waals surface area contributed by atoms with Gasteiger partial charge in [-0.15, -0.1) is 0 Å². The molecule has 0 bridgehead atoms. The van der Waals surface area contributed by atoms with Gasteiger partial charge in [-0.3, -0.25) is 14.4 Å². The van der Waals surface area contributed by atoms with E-state index in [0.717, 1.165) is 38.4 Å². The monoisotopic (exact) mass is 495 g/mol. The summed E-state index contributed by atoms with van der Waals surface area (Å²) in [7, 11) is -3.76. The van der Waals surface area contributed by atoms with Crippen molar-refractivity contribution in [2.75, 3.05) is 42.9 Å². The number of morpholine rings is 1. The zero-order valence-corrected chi connectivity index (χ0v) is 20.4. The summed E-state index contributed by atoms with van der Waals surface area (Å²) in [5, 5.41) is 2.91. The third-order valence-corrected chi connectivity index (χ3v) is 6.94. The Morgan fingerprint density at radius 3 is 2.37 bits per heavy atom. The molecule has 3 aromatic carbocycles. The molecule has 35 heavy (non-hydrogen) atoms. The molecule has 0 saturated carbocycles. The first kappa shape index (κ1) is 24.7. The van der Waals surface area contributed by atoms with Gasteiger partial charge >= 0.3 is 0 Å². The van der Waals surface area contributed by atoms with Crippen LogP contribution >= 0.6 is 0 Å².